The number of hydrogen-bond donors (Lipinski definition) is 1. The summed E-state index contributed by atoms with van der Waals surface area (Å²) in [7, 11) is 0. The topological polar surface area (TPSA) is 61.1 Å². The Morgan fingerprint density at radius 3 is 2.72 bits per heavy atom. The quantitative estimate of drug-likeness (QED) is 0.656. The van der Waals surface area contributed by atoms with Gasteiger partial charge in [0.2, 0.25) is 0 Å². The Hall–Kier alpha value is -2.67. The summed E-state index contributed by atoms with van der Waals surface area (Å²) in [4.78, 5) is 22.5. The van der Waals surface area contributed by atoms with E-state index >= 15 is 0 Å². The molecule has 1 aromatic carbocycles. The molecule has 1 fully saturated rings. The fourth-order valence-corrected chi connectivity index (χ4v) is 4.90. The lowest BCUT2D eigenvalue weighted by Gasteiger charge is -2.36. The van der Waals surface area contributed by atoms with Gasteiger partial charge in [0.05, 0.1) is 17.3 Å². The highest BCUT2D eigenvalue weighted by molar-refractivity contribution is 6.30. The number of aliphatic hydroxyl groups excluding tert-OH is 1. The second kappa shape index (κ2) is 8.70. The number of anilines is 1. The maximum atomic E-state index is 13.1. The fourth-order valence-electron chi connectivity index (χ4n) is 4.73. The Bertz CT molecular complexity index is 1190. The number of fused-ring (bicyclic) bond motifs is 2. The Morgan fingerprint density at radius 1 is 1.12 bits per heavy atom. The molecular weight excluding hydrogens is 424 g/mol. The van der Waals surface area contributed by atoms with Crippen LogP contribution in [0.5, 0.6) is 0 Å². The first-order valence-corrected chi connectivity index (χ1v) is 11.5. The van der Waals surface area contributed by atoms with Gasteiger partial charge in [-0.1, -0.05) is 24.6 Å². The van der Waals surface area contributed by atoms with Crippen LogP contribution in [0, 0.1) is 0 Å². The van der Waals surface area contributed by atoms with Gasteiger partial charge in [-0.05, 0) is 47.4 Å². The number of aromatic nitrogens is 2. The van der Waals surface area contributed by atoms with Gasteiger partial charge in [-0.3, -0.25) is 9.69 Å². The van der Waals surface area contributed by atoms with Gasteiger partial charge in [0, 0.05) is 62.8 Å². The molecule has 0 radical (unpaired) electrons. The van der Waals surface area contributed by atoms with Crippen LogP contribution in [-0.4, -0.2) is 64.5 Å². The molecule has 1 aliphatic heterocycles. The van der Waals surface area contributed by atoms with Gasteiger partial charge in [0.1, 0.15) is 5.65 Å². The van der Waals surface area contributed by atoms with Crippen LogP contribution in [0.25, 0.3) is 17.3 Å². The molecule has 6 nitrogen and oxygen atoms in total. The Morgan fingerprint density at radius 2 is 1.94 bits per heavy atom. The van der Waals surface area contributed by atoms with Gasteiger partial charge in [-0.25, -0.2) is 4.98 Å². The highest BCUT2D eigenvalue weighted by atomic mass is 35.5. The van der Waals surface area contributed by atoms with Crippen LogP contribution in [0.2, 0.25) is 5.02 Å². The van der Waals surface area contributed by atoms with E-state index in [0.717, 1.165) is 43.9 Å². The number of carbonyl (C=O) groups is 1. The summed E-state index contributed by atoms with van der Waals surface area (Å²) in [6, 6.07) is 10.2. The largest absolute Gasteiger partial charge is 0.395 e. The maximum Gasteiger partial charge on any atom is 0.165 e. The molecule has 0 bridgehead atoms. The number of rotatable bonds is 4. The van der Waals surface area contributed by atoms with Gasteiger partial charge in [-0.2, -0.15) is 0 Å². The number of aliphatic hydroxyl groups is 1. The van der Waals surface area contributed by atoms with Crippen LogP contribution in [-0.2, 0) is 4.79 Å². The molecular formula is C25H27ClN4O2. The Labute approximate surface area is 192 Å². The molecule has 1 unspecified atom stereocenters. The lowest BCUT2D eigenvalue weighted by molar-refractivity contribution is -0.113. The van der Waals surface area contributed by atoms with Crippen molar-refractivity contribution in [2.24, 2.45) is 0 Å². The molecule has 1 atom stereocenters. The van der Waals surface area contributed by atoms with Gasteiger partial charge in [0.15, 0.2) is 5.78 Å². The molecule has 0 amide bonds. The fraction of sp³-hybridized carbons (Fsp3) is 0.360. The molecule has 3 heterocycles. The number of imidazole rings is 1. The lowest BCUT2D eigenvalue weighted by Crippen LogP contribution is -2.47. The molecule has 7 heteroatoms. The minimum atomic E-state index is 0.113. The van der Waals surface area contributed by atoms with E-state index < -0.39 is 0 Å². The summed E-state index contributed by atoms with van der Waals surface area (Å²) in [6.07, 6.45) is 6.13. The number of carbonyl (C=O) groups excluding carboxylic acids is 1. The van der Waals surface area contributed by atoms with E-state index in [4.69, 9.17) is 16.7 Å². The van der Waals surface area contributed by atoms with Gasteiger partial charge >= 0.3 is 0 Å². The second-order valence-electron chi connectivity index (χ2n) is 8.69. The number of hydrogen-bond acceptors (Lipinski definition) is 5. The normalized spacial score (nSPS) is 19.7. The van der Waals surface area contributed by atoms with Crippen LogP contribution in [0.15, 0.2) is 42.7 Å². The Kier molecular flexibility index (Phi) is 5.76. The number of nitrogens with zero attached hydrogens (tertiary/aromatic N) is 4. The van der Waals surface area contributed by atoms with E-state index in [1.165, 1.54) is 11.3 Å². The number of β-amino-alcohol motifs (C(OH)–C–C–N with tert-alkyl or cyclic N) is 1. The van der Waals surface area contributed by atoms with Crippen LogP contribution in [0.1, 0.15) is 36.1 Å². The molecule has 0 spiro atoms. The Balaban J connectivity index is 1.46. The molecule has 166 valence electrons. The minimum absolute atomic E-state index is 0.113. The standard InChI is InChI=1S/C25H27ClN4O2/c1-17-12-24(32)22(23-16-30-15-19(26)3-5-25(30)27-23)13-18-2-4-20(14-21(17)18)29-8-6-28(7-9-29)10-11-31/h2-5,13-17,31H,6-12H2,1H3. The smallest absolute Gasteiger partial charge is 0.165 e. The van der Waals surface area contributed by atoms with E-state index in [-0.39, 0.29) is 18.3 Å². The number of ketones is 1. The number of piperazine rings is 1. The third-order valence-electron chi connectivity index (χ3n) is 6.54. The van der Waals surface area contributed by atoms with Crippen molar-refractivity contribution in [2.75, 3.05) is 44.2 Å². The number of halogens is 1. The van der Waals surface area contributed by atoms with Crippen LogP contribution in [0.4, 0.5) is 5.69 Å². The predicted molar refractivity (Wildman–Crippen MR) is 128 cm³/mol. The number of Topliss-reactive ketones (excluding diaryl/α,β-unsaturated/α-hetero) is 1. The summed E-state index contributed by atoms with van der Waals surface area (Å²) in [5.41, 5.74) is 5.59. The second-order valence-corrected chi connectivity index (χ2v) is 9.13. The highest BCUT2D eigenvalue weighted by Gasteiger charge is 2.25. The highest BCUT2D eigenvalue weighted by Crippen LogP contribution is 2.36. The van der Waals surface area contributed by atoms with Crippen molar-refractivity contribution >= 4 is 40.4 Å². The summed E-state index contributed by atoms with van der Waals surface area (Å²) in [5, 5.41) is 9.80. The lowest BCUT2D eigenvalue weighted by atomic mass is 9.93. The first-order chi connectivity index (χ1) is 15.5. The first kappa shape index (κ1) is 21.2. The van der Waals surface area contributed by atoms with Crippen molar-refractivity contribution in [1.29, 1.82) is 0 Å². The first-order valence-electron chi connectivity index (χ1n) is 11.1. The molecule has 1 N–H and O–H groups in total. The zero-order chi connectivity index (χ0) is 22.2. The van der Waals surface area contributed by atoms with Crippen molar-refractivity contribution < 1.29 is 9.90 Å². The summed E-state index contributed by atoms with van der Waals surface area (Å²) < 4.78 is 1.86. The minimum Gasteiger partial charge on any atom is -0.395 e. The molecule has 1 aliphatic carbocycles. The number of pyridine rings is 1. The van der Waals surface area contributed by atoms with Gasteiger partial charge in [0.25, 0.3) is 0 Å². The van der Waals surface area contributed by atoms with E-state index in [0.29, 0.717) is 22.7 Å². The van der Waals surface area contributed by atoms with Gasteiger partial charge < -0.3 is 14.4 Å². The molecule has 1 saturated heterocycles. The van der Waals surface area contributed by atoms with Crippen LogP contribution < -0.4 is 4.90 Å². The molecule has 0 saturated carbocycles. The van der Waals surface area contributed by atoms with Crippen molar-refractivity contribution in [3.63, 3.8) is 0 Å². The number of benzene rings is 1. The monoisotopic (exact) mass is 450 g/mol. The maximum absolute atomic E-state index is 13.1. The van der Waals surface area contributed by atoms with Crippen molar-refractivity contribution in [3.8, 4) is 0 Å². The molecule has 3 aromatic rings. The van der Waals surface area contributed by atoms with Crippen LogP contribution in [0.3, 0.4) is 0 Å². The molecule has 5 rings (SSSR count). The third-order valence-corrected chi connectivity index (χ3v) is 6.76. The van der Waals surface area contributed by atoms with E-state index in [1.807, 2.05) is 22.7 Å². The SMILES string of the molecule is CC1CC(=O)C(c2cn3cc(Cl)ccc3n2)=Cc2ccc(N3CCN(CCO)CC3)cc21. The predicted octanol–water partition coefficient (Wildman–Crippen LogP) is 3.72. The van der Waals surface area contributed by atoms with E-state index in [9.17, 15) is 4.79 Å². The van der Waals surface area contributed by atoms with Gasteiger partial charge in [-0.15, -0.1) is 0 Å². The number of allylic oxidation sites excluding steroid dienone is 1. The molecule has 32 heavy (non-hydrogen) atoms. The van der Waals surface area contributed by atoms with E-state index in [1.54, 1.807) is 12.3 Å². The average molecular weight is 451 g/mol. The zero-order valence-corrected chi connectivity index (χ0v) is 18.9. The summed E-state index contributed by atoms with van der Waals surface area (Å²) in [5.74, 6) is 0.246. The van der Waals surface area contributed by atoms with Crippen molar-refractivity contribution in [2.45, 2.75) is 19.3 Å². The third kappa shape index (κ3) is 4.06. The van der Waals surface area contributed by atoms with Crippen molar-refractivity contribution in [1.82, 2.24) is 14.3 Å². The van der Waals surface area contributed by atoms with Crippen LogP contribution >= 0.6 is 11.6 Å². The molecule has 2 aromatic heterocycles. The molecule has 2 aliphatic rings. The summed E-state index contributed by atoms with van der Waals surface area (Å²) in [6.45, 7) is 6.85. The van der Waals surface area contributed by atoms with E-state index in [2.05, 4.69) is 39.9 Å². The van der Waals surface area contributed by atoms with Crippen molar-refractivity contribution in [3.05, 3.63) is 64.6 Å². The average Bonchev–Trinajstić information content (AvgIpc) is 3.15. The zero-order valence-electron chi connectivity index (χ0n) is 18.2. The summed E-state index contributed by atoms with van der Waals surface area (Å²) >= 11 is 6.11.